The van der Waals surface area contributed by atoms with Gasteiger partial charge in [0.15, 0.2) is 5.82 Å². The first-order valence-electron chi connectivity index (χ1n) is 9.24. The number of amides is 2. The molecule has 1 aromatic heterocycles. The van der Waals surface area contributed by atoms with Crippen LogP contribution in [0.4, 0.5) is 24.7 Å². The fourth-order valence-corrected chi connectivity index (χ4v) is 3.77. The lowest BCUT2D eigenvalue weighted by Gasteiger charge is -2.14. The van der Waals surface area contributed by atoms with Gasteiger partial charge in [0.25, 0.3) is 5.91 Å². The number of rotatable bonds is 4. The van der Waals surface area contributed by atoms with E-state index >= 15 is 0 Å². The SMILES string of the molecule is O=C(CC1=NN(c2ncc(C(F)(F)F)cc2Cl)C(=O)C1)Nc1ccc2c(c1)CCC2. The van der Waals surface area contributed by atoms with Gasteiger partial charge in [-0.25, -0.2) is 4.98 Å². The first kappa shape index (κ1) is 20.3. The molecule has 156 valence electrons. The van der Waals surface area contributed by atoms with Gasteiger partial charge in [-0.1, -0.05) is 17.7 Å². The third-order valence-electron chi connectivity index (χ3n) is 4.93. The summed E-state index contributed by atoms with van der Waals surface area (Å²) in [6, 6.07) is 6.46. The first-order valence-corrected chi connectivity index (χ1v) is 9.62. The van der Waals surface area contributed by atoms with Crippen molar-refractivity contribution in [3.05, 3.63) is 52.2 Å². The van der Waals surface area contributed by atoms with Crippen LogP contribution in [0.2, 0.25) is 5.02 Å². The molecule has 30 heavy (non-hydrogen) atoms. The molecule has 1 N–H and O–H groups in total. The van der Waals surface area contributed by atoms with Crippen molar-refractivity contribution in [1.82, 2.24) is 4.98 Å². The quantitative estimate of drug-likeness (QED) is 0.773. The van der Waals surface area contributed by atoms with E-state index < -0.39 is 17.6 Å². The van der Waals surface area contributed by atoms with Crippen LogP contribution in [-0.4, -0.2) is 22.5 Å². The standard InChI is InChI=1S/C20H16ClF3N4O2/c21-16-7-13(20(22,23)24)10-25-19(16)28-18(30)9-15(27-28)8-17(29)26-14-5-4-11-2-1-3-12(11)6-14/h4-7,10H,1-3,8-9H2,(H,26,29). The maximum Gasteiger partial charge on any atom is 0.417 e. The largest absolute Gasteiger partial charge is 0.417 e. The molecule has 6 nitrogen and oxygen atoms in total. The summed E-state index contributed by atoms with van der Waals surface area (Å²) in [7, 11) is 0. The highest BCUT2D eigenvalue weighted by Gasteiger charge is 2.34. The van der Waals surface area contributed by atoms with E-state index in [4.69, 9.17) is 11.6 Å². The van der Waals surface area contributed by atoms with E-state index in [1.165, 1.54) is 11.1 Å². The molecule has 0 radical (unpaired) electrons. The second-order valence-electron chi connectivity index (χ2n) is 7.14. The van der Waals surface area contributed by atoms with E-state index in [0.29, 0.717) is 18.0 Å². The van der Waals surface area contributed by atoms with E-state index in [0.717, 1.165) is 24.3 Å². The van der Waals surface area contributed by atoms with E-state index in [-0.39, 0.29) is 35.3 Å². The molecule has 0 saturated heterocycles. The van der Waals surface area contributed by atoms with Crippen LogP contribution >= 0.6 is 11.6 Å². The summed E-state index contributed by atoms with van der Waals surface area (Å²) < 4.78 is 38.3. The molecule has 2 aromatic rings. The van der Waals surface area contributed by atoms with Gasteiger partial charge in [-0.05, 0) is 48.6 Å². The Kier molecular flexibility index (Phi) is 5.23. The van der Waals surface area contributed by atoms with Crippen molar-refractivity contribution in [2.45, 2.75) is 38.3 Å². The number of nitrogens with zero attached hydrogens (tertiary/aromatic N) is 3. The van der Waals surface area contributed by atoms with Gasteiger partial charge in [0.2, 0.25) is 5.91 Å². The number of hydrogen-bond donors (Lipinski definition) is 1. The Hall–Kier alpha value is -2.94. The Morgan fingerprint density at radius 3 is 2.70 bits per heavy atom. The number of benzene rings is 1. The number of carbonyl (C=O) groups excluding carboxylic acids is 2. The summed E-state index contributed by atoms with van der Waals surface area (Å²) in [5.41, 5.74) is 2.43. The number of aryl methyl sites for hydroxylation is 2. The predicted molar refractivity (Wildman–Crippen MR) is 106 cm³/mol. The van der Waals surface area contributed by atoms with Crippen molar-refractivity contribution < 1.29 is 22.8 Å². The maximum atomic E-state index is 12.8. The lowest BCUT2D eigenvalue weighted by molar-refractivity contribution is -0.137. The Morgan fingerprint density at radius 1 is 1.20 bits per heavy atom. The second-order valence-corrected chi connectivity index (χ2v) is 7.54. The van der Waals surface area contributed by atoms with Gasteiger partial charge < -0.3 is 5.32 Å². The van der Waals surface area contributed by atoms with Crippen molar-refractivity contribution in [3.8, 4) is 0 Å². The van der Waals surface area contributed by atoms with Crippen LogP contribution in [0, 0.1) is 0 Å². The van der Waals surface area contributed by atoms with Crippen LogP contribution in [0.15, 0.2) is 35.6 Å². The normalized spacial score (nSPS) is 15.9. The summed E-state index contributed by atoms with van der Waals surface area (Å²) in [5.74, 6) is -1.07. The number of nitrogens with one attached hydrogen (secondary N) is 1. The smallest absolute Gasteiger partial charge is 0.326 e. The summed E-state index contributed by atoms with van der Waals surface area (Å²) >= 11 is 5.88. The Balaban J connectivity index is 1.45. The molecule has 0 bridgehead atoms. The molecule has 0 saturated carbocycles. The molecule has 1 aromatic carbocycles. The minimum Gasteiger partial charge on any atom is -0.326 e. The minimum atomic E-state index is -4.60. The lowest BCUT2D eigenvalue weighted by Crippen LogP contribution is -2.21. The molecule has 1 aliphatic heterocycles. The number of carbonyl (C=O) groups is 2. The van der Waals surface area contributed by atoms with Gasteiger partial charge >= 0.3 is 6.18 Å². The zero-order chi connectivity index (χ0) is 21.5. The number of pyridine rings is 1. The number of alkyl halides is 3. The van der Waals surface area contributed by atoms with Gasteiger partial charge in [0.05, 0.1) is 29.1 Å². The molecule has 10 heteroatoms. The van der Waals surface area contributed by atoms with Crippen LogP contribution in [-0.2, 0) is 28.6 Å². The number of anilines is 2. The third kappa shape index (κ3) is 4.16. The molecule has 1 aliphatic carbocycles. The van der Waals surface area contributed by atoms with E-state index in [1.54, 1.807) is 0 Å². The molecule has 4 rings (SSSR count). The summed E-state index contributed by atoms with van der Waals surface area (Å²) in [5, 5.41) is 7.31. The number of fused-ring (bicyclic) bond motifs is 1. The van der Waals surface area contributed by atoms with Crippen molar-refractivity contribution in [3.63, 3.8) is 0 Å². The molecule has 0 unspecified atom stereocenters. The zero-order valence-electron chi connectivity index (χ0n) is 15.6. The fourth-order valence-electron chi connectivity index (χ4n) is 3.53. The minimum absolute atomic E-state index is 0.127. The Bertz CT molecular complexity index is 1070. The van der Waals surface area contributed by atoms with Crippen molar-refractivity contribution in [1.29, 1.82) is 0 Å². The highest BCUT2D eigenvalue weighted by molar-refractivity contribution is 6.34. The highest BCUT2D eigenvalue weighted by atomic mass is 35.5. The van der Waals surface area contributed by atoms with Crippen molar-refractivity contribution in [2.24, 2.45) is 5.10 Å². The Labute approximate surface area is 174 Å². The molecular formula is C20H16ClF3N4O2. The molecule has 0 spiro atoms. The molecule has 0 fully saturated rings. The monoisotopic (exact) mass is 436 g/mol. The van der Waals surface area contributed by atoms with Gasteiger partial charge in [-0.2, -0.15) is 23.3 Å². The average Bonchev–Trinajstić information content (AvgIpc) is 3.26. The molecule has 0 atom stereocenters. The number of halogens is 4. The molecule has 2 aliphatic rings. The van der Waals surface area contributed by atoms with Crippen LogP contribution in [0.25, 0.3) is 0 Å². The fraction of sp³-hybridized carbons (Fsp3) is 0.300. The molecule has 2 amide bonds. The van der Waals surface area contributed by atoms with Crippen LogP contribution in [0.5, 0.6) is 0 Å². The van der Waals surface area contributed by atoms with Gasteiger partial charge in [0, 0.05) is 11.9 Å². The average molecular weight is 437 g/mol. The number of aromatic nitrogens is 1. The second kappa shape index (κ2) is 7.71. The van der Waals surface area contributed by atoms with Gasteiger partial charge in [-0.15, -0.1) is 0 Å². The topological polar surface area (TPSA) is 74.7 Å². The molecular weight excluding hydrogens is 421 g/mol. The first-order chi connectivity index (χ1) is 14.2. The number of hydrogen-bond acceptors (Lipinski definition) is 4. The van der Waals surface area contributed by atoms with E-state index in [1.807, 2.05) is 18.2 Å². The van der Waals surface area contributed by atoms with Crippen molar-refractivity contribution >= 4 is 40.6 Å². The Morgan fingerprint density at radius 2 is 1.97 bits per heavy atom. The molecule has 2 heterocycles. The highest BCUT2D eigenvalue weighted by Crippen LogP contribution is 2.34. The lowest BCUT2D eigenvalue weighted by atomic mass is 10.1. The van der Waals surface area contributed by atoms with Crippen LogP contribution in [0.3, 0.4) is 0 Å². The summed E-state index contributed by atoms with van der Waals surface area (Å²) in [4.78, 5) is 28.2. The summed E-state index contributed by atoms with van der Waals surface area (Å²) in [6.45, 7) is 0. The number of hydrazone groups is 1. The van der Waals surface area contributed by atoms with Gasteiger partial charge in [0.1, 0.15) is 0 Å². The van der Waals surface area contributed by atoms with Gasteiger partial charge in [-0.3, -0.25) is 9.59 Å². The van der Waals surface area contributed by atoms with Crippen LogP contribution < -0.4 is 10.3 Å². The summed E-state index contributed by atoms with van der Waals surface area (Å²) in [6.07, 6.45) is -1.16. The zero-order valence-corrected chi connectivity index (χ0v) is 16.3. The van der Waals surface area contributed by atoms with E-state index in [2.05, 4.69) is 15.4 Å². The predicted octanol–water partition coefficient (Wildman–Crippen LogP) is 4.36. The van der Waals surface area contributed by atoms with E-state index in [9.17, 15) is 22.8 Å². The third-order valence-corrected chi connectivity index (χ3v) is 5.21. The maximum absolute atomic E-state index is 12.8. The van der Waals surface area contributed by atoms with Crippen molar-refractivity contribution in [2.75, 3.05) is 10.3 Å². The van der Waals surface area contributed by atoms with Crippen LogP contribution in [0.1, 0.15) is 36.0 Å².